The summed E-state index contributed by atoms with van der Waals surface area (Å²) < 4.78 is 37.5. The lowest BCUT2D eigenvalue weighted by molar-refractivity contribution is -0.130. The van der Waals surface area contributed by atoms with Crippen LogP contribution >= 0.6 is 23.4 Å². The predicted molar refractivity (Wildman–Crippen MR) is 337 cm³/mol. The van der Waals surface area contributed by atoms with Crippen molar-refractivity contribution in [1.82, 2.24) is 54.5 Å². The Morgan fingerprint density at radius 2 is 1.44 bits per heavy atom. The maximum atomic E-state index is 14.3. The Balaban J connectivity index is 0.992. The van der Waals surface area contributed by atoms with Gasteiger partial charge >= 0.3 is 12.1 Å². The van der Waals surface area contributed by atoms with Crippen LogP contribution in [0.15, 0.2) is 34.9 Å². The molecule has 1 aliphatic heterocycles. The van der Waals surface area contributed by atoms with Crippen molar-refractivity contribution in [2.45, 2.75) is 155 Å². The number of nitrogens with one attached hydrogen (secondary N) is 1. The van der Waals surface area contributed by atoms with Crippen LogP contribution in [0.4, 0.5) is 16.7 Å². The van der Waals surface area contributed by atoms with Crippen molar-refractivity contribution < 1.29 is 57.4 Å². The molecule has 4 N–H and O–H groups in total. The molecule has 0 saturated carbocycles. The maximum absolute atomic E-state index is 14.3. The largest absolute Gasteiger partial charge is 0.507 e. The minimum absolute atomic E-state index is 0.00442. The van der Waals surface area contributed by atoms with Gasteiger partial charge in [0.25, 0.3) is 0 Å². The summed E-state index contributed by atoms with van der Waals surface area (Å²) in [7, 11) is 3.66. The number of ketones is 4. The van der Waals surface area contributed by atoms with E-state index in [1.165, 1.54) is 11.8 Å². The standard InChI is InChI=1S/C60H92BrN14O12P/c1-7-8-9-10-12-20-49(79)43-88(84,70(3)4)75-36-34-73(35-37-75)58-65-57(72(6)42-53(62)81)66-59(67-58)86-40-39-85-38-17-21-47(77)19-14-15-22-54(82)71(5)32-30-52(50-27-23-45-24-28-51(80)55(61)56(45)64-50)87-60(83)63-31-16-11-13-18-48(78)26-25-46-41-74(69-68-46)33-29-44(2)76/h23-24,27-28,41,52,80H,7-22,25-26,29-40,42-43H2,1-6H3,(H2,62,81)(H,63,83). The number of hydrogen-bond donors (Lipinski definition) is 3. The molecule has 0 radical (unpaired) electrons. The first-order chi connectivity index (χ1) is 42.1. The van der Waals surface area contributed by atoms with Crippen LogP contribution in [0.3, 0.4) is 0 Å². The van der Waals surface area contributed by atoms with Crippen LogP contribution in [0.1, 0.15) is 153 Å². The lowest BCUT2D eigenvalue weighted by Gasteiger charge is -2.41. The number of likely N-dealkylation sites (N-methyl/N-ethyl adjacent to an activating group) is 1. The number of piperazine rings is 1. The van der Waals surface area contributed by atoms with Gasteiger partial charge in [0.15, 0.2) is 0 Å². The number of nitrogens with zero attached hydrogens (tertiary/aromatic N) is 12. The third-order valence-corrected chi connectivity index (χ3v) is 19.1. The molecule has 26 nitrogen and oxygen atoms in total. The number of phenols is 1. The molecule has 28 heteroatoms. The number of Topliss-reactive ketones (excluding diaryl/α,β-unsaturated/α-hetero) is 4. The number of benzene rings is 1. The lowest BCUT2D eigenvalue weighted by Crippen LogP contribution is -2.47. The van der Waals surface area contributed by atoms with E-state index in [2.05, 4.69) is 53.4 Å². The van der Waals surface area contributed by atoms with Crippen LogP contribution in [0.2, 0.25) is 0 Å². The molecule has 88 heavy (non-hydrogen) atoms. The second-order valence-corrected chi connectivity index (χ2v) is 26.4. The number of fused-ring (bicyclic) bond motifs is 1. The number of halogens is 1. The van der Waals surface area contributed by atoms with E-state index in [9.17, 15) is 43.2 Å². The van der Waals surface area contributed by atoms with Crippen LogP contribution in [-0.4, -0.2) is 195 Å². The zero-order valence-electron chi connectivity index (χ0n) is 52.3. The highest BCUT2D eigenvalue weighted by Gasteiger charge is 2.38. The van der Waals surface area contributed by atoms with E-state index in [1.54, 1.807) is 66.8 Å². The summed E-state index contributed by atoms with van der Waals surface area (Å²) >= 11 is 3.41. The average Bonchev–Trinajstić information content (AvgIpc) is 1.46. The zero-order valence-corrected chi connectivity index (χ0v) is 54.8. The van der Waals surface area contributed by atoms with Crippen molar-refractivity contribution in [2.24, 2.45) is 5.73 Å². The van der Waals surface area contributed by atoms with Crippen LogP contribution in [0.25, 0.3) is 10.9 Å². The quantitative estimate of drug-likeness (QED) is 0.0284. The third kappa shape index (κ3) is 25.2. The molecule has 1 saturated heterocycles. The molecule has 486 valence electrons. The Kier molecular flexibility index (Phi) is 31.3. The van der Waals surface area contributed by atoms with Gasteiger partial charge in [-0.05, 0) is 100 Å². The first-order valence-electron chi connectivity index (χ1n) is 30.8. The Morgan fingerprint density at radius 3 is 2.16 bits per heavy atom. The molecule has 2 unspecified atom stereocenters. The number of pyridine rings is 1. The number of carbonyl (C=O) groups excluding carboxylic acids is 7. The number of rotatable bonds is 44. The summed E-state index contributed by atoms with van der Waals surface area (Å²) in [5.41, 5.74) is 7.11. The van der Waals surface area contributed by atoms with Crippen LogP contribution in [0, 0.1) is 0 Å². The molecule has 1 aliphatic rings. The second kappa shape index (κ2) is 38.1. The molecule has 1 fully saturated rings. The molecule has 4 heterocycles. The Bertz CT molecular complexity index is 2960. The van der Waals surface area contributed by atoms with Crippen molar-refractivity contribution in [3.63, 3.8) is 0 Å². The molecular weight excluding hydrogens is 1220 g/mol. The number of hydrogen-bond acceptors (Lipinski definition) is 20. The summed E-state index contributed by atoms with van der Waals surface area (Å²) in [6, 6.07) is 6.87. The molecule has 3 aromatic heterocycles. The van der Waals surface area contributed by atoms with Gasteiger partial charge in [0.05, 0.1) is 40.7 Å². The van der Waals surface area contributed by atoms with E-state index < -0.39 is 25.5 Å². The number of unbranched alkanes of at least 4 members (excludes halogenated alkanes) is 7. The fraction of sp³-hybridized carbons (Fsp3) is 0.650. The highest BCUT2D eigenvalue weighted by Crippen LogP contribution is 2.52. The Hall–Kier alpha value is -6.54. The number of amides is 3. The summed E-state index contributed by atoms with van der Waals surface area (Å²) in [6.45, 7) is 6.79. The third-order valence-electron chi connectivity index (χ3n) is 15.0. The van der Waals surface area contributed by atoms with Crippen molar-refractivity contribution in [3.8, 4) is 11.8 Å². The number of aromatic nitrogens is 7. The van der Waals surface area contributed by atoms with Gasteiger partial charge in [-0.15, -0.1) is 5.10 Å². The van der Waals surface area contributed by atoms with Gasteiger partial charge in [0.2, 0.25) is 31.2 Å². The highest BCUT2D eigenvalue weighted by molar-refractivity contribution is 9.10. The van der Waals surface area contributed by atoms with Gasteiger partial charge in [0.1, 0.15) is 41.6 Å². The molecular formula is C60H92BrN14O12P. The maximum Gasteiger partial charge on any atom is 0.407 e. The smallest absolute Gasteiger partial charge is 0.407 e. The molecule has 3 amide bonds. The van der Waals surface area contributed by atoms with E-state index in [1.807, 2.05) is 15.6 Å². The first kappa shape index (κ1) is 72.2. The fourth-order valence-corrected chi connectivity index (χ4v) is 12.6. The number of aromatic hydroxyl groups is 1. The minimum Gasteiger partial charge on any atom is -0.507 e. The van der Waals surface area contributed by atoms with Gasteiger partial charge in [0, 0.05) is 129 Å². The summed E-state index contributed by atoms with van der Waals surface area (Å²) in [6.07, 6.45) is 12.0. The number of nitrogens with two attached hydrogens (primary N) is 1. The summed E-state index contributed by atoms with van der Waals surface area (Å²) in [5, 5.41) is 22.0. The van der Waals surface area contributed by atoms with E-state index in [-0.39, 0.29) is 92.1 Å². The number of alkyl carbamates (subject to hydrolysis) is 1. The van der Waals surface area contributed by atoms with Crippen molar-refractivity contribution in [1.29, 1.82) is 0 Å². The number of ether oxygens (including phenoxy) is 3. The molecule has 0 aliphatic carbocycles. The van der Waals surface area contributed by atoms with Crippen LogP contribution in [0.5, 0.6) is 11.8 Å². The molecule has 0 bridgehead atoms. The van der Waals surface area contributed by atoms with Crippen LogP contribution in [-0.2, 0) is 55.8 Å². The lowest BCUT2D eigenvalue weighted by atomic mass is 10.1. The number of primary amides is 1. The number of aryl methyl sites for hydroxylation is 2. The normalized spacial score (nSPS) is 13.7. The number of phenolic OH excluding ortho intramolecular Hbond substituents is 1. The fourth-order valence-electron chi connectivity index (χ4n) is 9.79. The molecule has 4 aromatic rings. The van der Waals surface area contributed by atoms with Gasteiger partial charge < -0.3 is 45.1 Å². The van der Waals surface area contributed by atoms with Gasteiger partial charge in [-0.25, -0.2) is 19.1 Å². The first-order valence-corrected chi connectivity index (χ1v) is 33.4. The van der Waals surface area contributed by atoms with Crippen molar-refractivity contribution >= 4 is 87.2 Å². The van der Waals surface area contributed by atoms with E-state index in [0.717, 1.165) is 37.5 Å². The monoisotopic (exact) mass is 1310 g/mol. The summed E-state index contributed by atoms with van der Waals surface area (Å²) in [4.78, 5) is 111. The summed E-state index contributed by atoms with van der Waals surface area (Å²) in [5.74, 6) is 0.0413. The molecule has 0 spiro atoms. The second-order valence-electron chi connectivity index (χ2n) is 22.6. The Labute approximate surface area is 525 Å². The van der Waals surface area contributed by atoms with Crippen molar-refractivity contribution in [2.75, 3.05) is 110 Å². The van der Waals surface area contributed by atoms with E-state index in [0.29, 0.717) is 157 Å². The minimum atomic E-state index is -3.15. The average molecular weight is 1310 g/mol. The predicted octanol–water partition coefficient (Wildman–Crippen LogP) is 7.57. The zero-order chi connectivity index (χ0) is 64.0. The molecule has 2 atom stereocenters. The van der Waals surface area contributed by atoms with Crippen molar-refractivity contribution in [3.05, 3.63) is 46.3 Å². The van der Waals surface area contributed by atoms with Gasteiger partial charge in [-0.2, -0.15) is 15.0 Å². The highest BCUT2D eigenvalue weighted by atomic mass is 79.9. The van der Waals surface area contributed by atoms with Gasteiger partial charge in [-0.3, -0.25) is 38.0 Å². The Morgan fingerprint density at radius 1 is 0.773 bits per heavy atom. The van der Waals surface area contributed by atoms with E-state index >= 15 is 0 Å². The molecule has 1 aromatic carbocycles. The SMILES string of the molecule is CCCCCCCC(=O)CP(=O)(N(C)C)N1CCN(c2nc(OCCOCCCC(=O)CCCCC(=O)N(C)CCC(OC(=O)NCCCCCC(=O)CCc3cn(CCC(C)=O)nn3)c3ccc4ccc(O)c(Br)c4n3)nc(N(C)CC(N)=O)n2)CC1. The van der Waals surface area contributed by atoms with E-state index in [4.69, 9.17) is 24.9 Å². The molecule has 5 rings (SSSR count). The van der Waals surface area contributed by atoms with Gasteiger partial charge in [-0.1, -0.05) is 50.3 Å². The number of carbonyl (C=O) groups is 7. The van der Waals surface area contributed by atoms with Crippen LogP contribution < -0.4 is 25.6 Å². The topological polar surface area (TPSA) is 321 Å². The number of anilines is 2.